The molecular weight excluding hydrogens is 448 g/mol. The Bertz CT molecular complexity index is 865. The maximum Gasteiger partial charge on any atom is 0.306 e. The monoisotopic (exact) mass is 492 g/mol. The van der Waals surface area contributed by atoms with E-state index in [1.807, 2.05) is 20.8 Å². The van der Waals surface area contributed by atoms with Crippen LogP contribution in [0, 0.1) is 34.5 Å². The number of carbonyl (C=O) groups is 3. The minimum absolute atomic E-state index is 0.0697. The van der Waals surface area contributed by atoms with Crippen molar-refractivity contribution < 1.29 is 34.8 Å². The van der Waals surface area contributed by atoms with Gasteiger partial charge in [-0.25, -0.2) is 0 Å². The summed E-state index contributed by atoms with van der Waals surface area (Å²) < 4.78 is 0. The first-order chi connectivity index (χ1) is 16.4. The van der Waals surface area contributed by atoms with Crippen LogP contribution in [-0.2, 0) is 14.4 Å². The molecule has 0 radical (unpaired) electrons. The van der Waals surface area contributed by atoms with E-state index in [0.29, 0.717) is 19.3 Å². The molecule has 7 heteroatoms. The highest BCUT2D eigenvalue weighted by Crippen LogP contribution is 2.67. The largest absolute Gasteiger partial charge is 0.481 e. The Kier molecular flexibility index (Phi) is 8.34. The molecule has 0 aromatic rings. The smallest absolute Gasteiger partial charge is 0.306 e. The molecule has 4 aliphatic rings. The van der Waals surface area contributed by atoms with Gasteiger partial charge in [-0.1, -0.05) is 39.7 Å². The van der Waals surface area contributed by atoms with Gasteiger partial charge in [-0.3, -0.25) is 14.4 Å². The maximum atomic E-state index is 12.4. The number of carboxylic acid groups (broad SMARTS) is 1. The Morgan fingerprint density at radius 2 is 1.83 bits per heavy atom. The number of rotatable bonds is 6. The van der Waals surface area contributed by atoms with Crippen molar-refractivity contribution in [2.45, 2.75) is 104 Å². The minimum Gasteiger partial charge on any atom is -0.481 e. The molecule has 4 rings (SSSR count). The van der Waals surface area contributed by atoms with E-state index in [0.717, 1.165) is 44.9 Å². The van der Waals surface area contributed by atoms with Crippen molar-refractivity contribution in [1.82, 2.24) is 0 Å². The average Bonchev–Trinajstić information content (AvgIpc) is 3.08. The van der Waals surface area contributed by atoms with Crippen LogP contribution >= 0.6 is 0 Å². The number of ketones is 2. The Labute approximate surface area is 209 Å². The summed E-state index contributed by atoms with van der Waals surface area (Å²) in [5.74, 6) is -0.629. The van der Waals surface area contributed by atoms with Crippen molar-refractivity contribution in [2.75, 3.05) is 6.61 Å². The van der Waals surface area contributed by atoms with Crippen LogP contribution in [0.2, 0.25) is 0 Å². The van der Waals surface area contributed by atoms with E-state index in [4.69, 9.17) is 5.11 Å². The molecule has 3 saturated carbocycles. The van der Waals surface area contributed by atoms with Crippen LogP contribution in [0.4, 0.5) is 0 Å². The molecule has 4 N–H and O–H groups in total. The quantitative estimate of drug-likeness (QED) is 0.445. The summed E-state index contributed by atoms with van der Waals surface area (Å²) in [6.07, 6.45) is 8.26. The summed E-state index contributed by atoms with van der Waals surface area (Å²) >= 11 is 0. The van der Waals surface area contributed by atoms with Gasteiger partial charge in [-0.05, 0) is 80.6 Å². The van der Waals surface area contributed by atoms with Gasteiger partial charge in [-0.15, -0.1) is 0 Å². The molecule has 1 unspecified atom stereocenters. The van der Waals surface area contributed by atoms with Crippen molar-refractivity contribution in [3.05, 3.63) is 11.6 Å². The van der Waals surface area contributed by atoms with E-state index in [2.05, 4.69) is 6.92 Å². The van der Waals surface area contributed by atoms with Crippen LogP contribution in [0.3, 0.4) is 0 Å². The van der Waals surface area contributed by atoms with Gasteiger partial charge in [0.05, 0.1) is 12.0 Å². The number of aliphatic carboxylic acids is 1. The van der Waals surface area contributed by atoms with Crippen molar-refractivity contribution in [1.29, 1.82) is 0 Å². The van der Waals surface area contributed by atoms with Gasteiger partial charge < -0.3 is 20.4 Å². The third-order valence-electron chi connectivity index (χ3n) is 10.1. The van der Waals surface area contributed by atoms with Gasteiger partial charge in [0, 0.05) is 11.8 Å². The number of Topliss-reactive ketones (excluding diaryl/α,β-unsaturated/α-hetero) is 1. The first-order valence-corrected chi connectivity index (χ1v) is 13.4. The number of carbonyl (C=O) groups excluding carboxylic acids is 2. The van der Waals surface area contributed by atoms with Gasteiger partial charge >= 0.3 is 5.97 Å². The van der Waals surface area contributed by atoms with E-state index < -0.39 is 35.5 Å². The number of fused-ring (bicyclic) bond motifs is 5. The van der Waals surface area contributed by atoms with Crippen molar-refractivity contribution in [3.8, 4) is 0 Å². The molecule has 0 aromatic carbocycles. The van der Waals surface area contributed by atoms with Gasteiger partial charge in [0.1, 0.15) is 12.2 Å². The second-order valence-corrected chi connectivity index (χ2v) is 11.8. The Morgan fingerprint density at radius 3 is 2.37 bits per heavy atom. The highest BCUT2D eigenvalue weighted by Gasteiger charge is 2.68. The summed E-state index contributed by atoms with van der Waals surface area (Å²) in [4.78, 5) is 34.6. The SMILES string of the molecule is CCCC(CC)C(=O)O.C[C@]12CCC(=O)C=C1CC[C@@H]1[C@@H]2[C@@H](O)C[C@@]2(C)[C@H]1CC[C@]2(O)C(=O)CO. The topological polar surface area (TPSA) is 132 Å². The number of allylic oxidation sites excluding steroid dienone is 1. The van der Waals surface area contributed by atoms with E-state index in [9.17, 15) is 29.7 Å². The number of carboxylic acids is 1. The van der Waals surface area contributed by atoms with E-state index >= 15 is 0 Å². The number of hydrogen-bond acceptors (Lipinski definition) is 6. The zero-order valence-corrected chi connectivity index (χ0v) is 21.8. The maximum absolute atomic E-state index is 12.4. The molecule has 0 saturated heterocycles. The number of aliphatic hydroxyl groups excluding tert-OH is 2. The highest BCUT2D eigenvalue weighted by atomic mass is 16.4. The second kappa shape index (κ2) is 10.4. The summed E-state index contributed by atoms with van der Waals surface area (Å²) in [7, 11) is 0. The fourth-order valence-corrected chi connectivity index (χ4v) is 8.13. The molecule has 0 spiro atoms. The molecule has 35 heavy (non-hydrogen) atoms. The summed E-state index contributed by atoms with van der Waals surface area (Å²) in [5, 5.41) is 40.2. The molecule has 0 aromatic heterocycles. The summed E-state index contributed by atoms with van der Waals surface area (Å²) in [6, 6.07) is 0. The molecule has 3 fully saturated rings. The van der Waals surface area contributed by atoms with Crippen LogP contribution in [0.5, 0.6) is 0 Å². The summed E-state index contributed by atoms with van der Waals surface area (Å²) in [6.45, 7) is 7.37. The van der Waals surface area contributed by atoms with Crippen LogP contribution in [0.1, 0.15) is 91.9 Å². The predicted molar refractivity (Wildman–Crippen MR) is 131 cm³/mol. The third-order valence-corrected chi connectivity index (χ3v) is 10.1. The minimum atomic E-state index is -1.54. The number of aliphatic hydroxyl groups is 3. The van der Waals surface area contributed by atoms with Gasteiger partial charge in [0.15, 0.2) is 11.6 Å². The van der Waals surface area contributed by atoms with E-state index in [1.165, 1.54) is 5.57 Å². The predicted octanol–water partition coefficient (Wildman–Crippen LogP) is 3.68. The van der Waals surface area contributed by atoms with Crippen LogP contribution in [0.25, 0.3) is 0 Å². The second-order valence-electron chi connectivity index (χ2n) is 11.8. The van der Waals surface area contributed by atoms with Crippen LogP contribution in [-0.4, -0.2) is 56.3 Å². The Morgan fingerprint density at radius 1 is 1.14 bits per heavy atom. The zero-order chi connectivity index (χ0) is 26.2. The fourth-order valence-electron chi connectivity index (χ4n) is 8.13. The third kappa shape index (κ3) is 4.64. The van der Waals surface area contributed by atoms with Crippen molar-refractivity contribution >= 4 is 17.5 Å². The average molecular weight is 493 g/mol. The zero-order valence-electron chi connectivity index (χ0n) is 21.8. The van der Waals surface area contributed by atoms with E-state index in [1.54, 1.807) is 6.08 Å². The Balaban J connectivity index is 0.000000327. The van der Waals surface area contributed by atoms with Crippen LogP contribution < -0.4 is 0 Å². The molecule has 0 bridgehead atoms. The molecule has 7 nitrogen and oxygen atoms in total. The standard InChI is InChI=1S/C21H30O5.C7H14O2/c1-19-7-5-13(23)9-12(19)3-4-14-15-6-8-21(26,17(25)11-22)20(15,2)10-16(24)18(14)19;1-3-5-6(4-2)7(8)9/h9,14-16,18,22,24,26H,3-8,10-11H2,1-2H3;6H,3-5H2,1-2H3,(H,8,9)/t14-,15-,16-,18+,19-,20-,21-;/m0./s1. The van der Waals surface area contributed by atoms with Crippen molar-refractivity contribution in [3.63, 3.8) is 0 Å². The summed E-state index contributed by atoms with van der Waals surface area (Å²) in [5.41, 5.74) is -1.23. The van der Waals surface area contributed by atoms with E-state index in [-0.39, 0.29) is 34.9 Å². The molecule has 8 atom stereocenters. The first-order valence-electron chi connectivity index (χ1n) is 13.4. The lowest BCUT2D eigenvalue weighted by atomic mass is 9.45. The van der Waals surface area contributed by atoms with Gasteiger partial charge in [-0.2, -0.15) is 0 Å². The van der Waals surface area contributed by atoms with Crippen LogP contribution in [0.15, 0.2) is 11.6 Å². The normalized spacial score (nSPS) is 40.9. The molecule has 0 heterocycles. The number of hydrogen-bond donors (Lipinski definition) is 4. The Hall–Kier alpha value is -1.57. The molecule has 0 aliphatic heterocycles. The lowest BCUT2D eigenvalue weighted by Gasteiger charge is -2.60. The molecule has 0 amide bonds. The lowest BCUT2D eigenvalue weighted by molar-refractivity contribution is -0.182. The lowest BCUT2D eigenvalue weighted by Crippen LogP contribution is -2.62. The highest BCUT2D eigenvalue weighted by molar-refractivity contribution is 5.91. The molecular formula is C28H44O7. The van der Waals surface area contributed by atoms with Crippen molar-refractivity contribution in [2.24, 2.45) is 34.5 Å². The molecule has 4 aliphatic carbocycles. The molecule has 198 valence electrons. The first kappa shape index (κ1) is 28.0. The fraction of sp³-hybridized carbons (Fsp3) is 0.821. The van der Waals surface area contributed by atoms with Gasteiger partial charge in [0.25, 0.3) is 0 Å². The van der Waals surface area contributed by atoms with Gasteiger partial charge in [0.2, 0.25) is 0 Å².